The van der Waals surface area contributed by atoms with E-state index >= 15 is 0 Å². The van der Waals surface area contributed by atoms with E-state index in [0.717, 1.165) is 36.2 Å². The van der Waals surface area contributed by atoms with Crippen LogP contribution in [0.4, 0.5) is 0 Å². The van der Waals surface area contributed by atoms with Gasteiger partial charge < -0.3 is 20.2 Å². The van der Waals surface area contributed by atoms with E-state index in [1.165, 1.54) is 5.56 Å². The zero-order chi connectivity index (χ0) is 18.1. The molecule has 4 rings (SSSR count). The smallest absolute Gasteiger partial charge is 0.253 e. The van der Waals surface area contributed by atoms with Gasteiger partial charge in [-0.15, -0.1) is 0 Å². The number of rotatable bonds is 5. The Balaban J connectivity index is 1.47. The molecule has 134 valence electrons. The lowest BCUT2D eigenvalue weighted by Gasteiger charge is -2.47. The number of nitrogens with zero attached hydrogens (tertiary/aromatic N) is 1. The average molecular weight is 350 g/mol. The van der Waals surface area contributed by atoms with Crippen LogP contribution in [0.2, 0.25) is 0 Å². The zero-order valence-electron chi connectivity index (χ0n) is 14.6. The minimum Gasteiger partial charge on any atom is -0.492 e. The fourth-order valence-electron chi connectivity index (χ4n) is 3.78. The highest BCUT2D eigenvalue weighted by Crippen LogP contribution is 2.36. The molecule has 1 fully saturated rings. The summed E-state index contributed by atoms with van der Waals surface area (Å²) in [6, 6.07) is 13.8. The van der Waals surface area contributed by atoms with Crippen molar-refractivity contribution in [3.63, 3.8) is 0 Å². The molecule has 2 aliphatic heterocycles. The molecule has 26 heavy (non-hydrogen) atoms. The van der Waals surface area contributed by atoms with Gasteiger partial charge in [0, 0.05) is 37.1 Å². The summed E-state index contributed by atoms with van der Waals surface area (Å²) in [4.78, 5) is 24.8. The summed E-state index contributed by atoms with van der Waals surface area (Å²) in [6.45, 7) is 1.73. The number of benzene rings is 2. The van der Waals surface area contributed by atoms with Crippen molar-refractivity contribution in [1.82, 2.24) is 4.90 Å². The molecule has 2 heterocycles. The van der Waals surface area contributed by atoms with Crippen molar-refractivity contribution in [3.8, 4) is 16.9 Å². The van der Waals surface area contributed by atoms with Gasteiger partial charge in [-0.05, 0) is 29.7 Å². The van der Waals surface area contributed by atoms with Crippen molar-refractivity contribution < 1.29 is 14.3 Å². The number of hydrogen-bond acceptors (Lipinski definition) is 4. The Hall–Kier alpha value is -2.66. The molecule has 0 aliphatic carbocycles. The topological polar surface area (TPSA) is 72.6 Å². The molecule has 0 saturated carbocycles. The van der Waals surface area contributed by atoms with Gasteiger partial charge >= 0.3 is 0 Å². The Labute approximate surface area is 152 Å². The lowest BCUT2D eigenvalue weighted by molar-refractivity contribution is -0.108. The first-order valence-electron chi connectivity index (χ1n) is 8.97. The molecular weight excluding hydrogens is 328 g/mol. The van der Waals surface area contributed by atoms with Gasteiger partial charge in [-0.3, -0.25) is 4.79 Å². The summed E-state index contributed by atoms with van der Waals surface area (Å²) < 4.78 is 5.77. The summed E-state index contributed by atoms with van der Waals surface area (Å²) in [5, 5.41) is 0. The SMILES string of the molecule is NC1(CCC=O)CN(C(=O)c2ccc(-c3cccc4c3OCC4)cc2)C1. The van der Waals surface area contributed by atoms with E-state index in [4.69, 9.17) is 10.5 Å². The highest BCUT2D eigenvalue weighted by atomic mass is 16.5. The fraction of sp³-hybridized carbons (Fsp3) is 0.333. The molecule has 5 nitrogen and oxygen atoms in total. The van der Waals surface area contributed by atoms with Crippen LogP contribution in [0.15, 0.2) is 42.5 Å². The van der Waals surface area contributed by atoms with Crippen LogP contribution in [0.1, 0.15) is 28.8 Å². The Morgan fingerprint density at radius 3 is 2.69 bits per heavy atom. The van der Waals surface area contributed by atoms with E-state index in [2.05, 4.69) is 6.07 Å². The van der Waals surface area contributed by atoms with Crippen LogP contribution >= 0.6 is 0 Å². The second-order valence-electron chi connectivity index (χ2n) is 7.20. The second-order valence-corrected chi connectivity index (χ2v) is 7.20. The predicted molar refractivity (Wildman–Crippen MR) is 99.2 cm³/mol. The van der Waals surface area contributed by atoms with E-state index in [-0.39, 0.29) is 5.91 Å². The third-order valence-electron chi connectivity index (χ3n) is 5.22. The summed E-state index contributed by atoms with van der Waals surface area (Å²) >= 11 is 0. The first-order valence-corrected chi connectivity index (χ1v) is 8.97. The van der Waals surface area contributed by atoms with Crippen LogP contribution in [0, 0.1) is 0 Å². The molecule has 2 aliphatic rings. The number of likely N-dealkylation sites (tertiary alicyclic amines) is 1. The van der Waals surface area contributed by atoms with Gasteiger partial charge in [-0.2, -0.15) is 0 Å². The number of aldehydes is 1. The maximum Gasteiger partial charge on any atom is 0.253 e. The zero-order valence-corrected chi connectivity index (χ0v) is 14.6. The van der Waals surface area contributed by atoms with E-state index in [9.17, 15) is 9.59 Å². The molecule has 2 aromatic carbocycles. The number of nitrogens with two attached hydrogens (primary N) is 1. The number of ether oxygens (including phenoxy) is 1. The first kappa shape index (κ1) is 16.8. The van der Waals surface area contributed by atoms with Crippen LogP contribution in [0.25, 0.3) is 11.1 Å². The number of amides is 1. The summed E-state index contributed by atoms with van der Waals surface area (Å²) in [5.41, 5.74) is 9.76. The Morgan fingerprint density at radius 1 is 1.19 bits per heavy atom. The molecular formula is C21H22N2O3. The monoisotopic (exact) mass is 350 g/mol. The van der Waals surface area contributed by atoms with Crippen LogP contribution in [0.5, 0.6) is 5.75 Å². The van der Waals surface area contributed by atoms with E-state index < -0.39 is 5.54 Å². The van der Waals surface area contributed by atoms with Crippen molar-refractivity contribution in [3.05, 3.63) is 53.6 Å². The van der Waals surface area contributed by atoms with E-state index in [0.29, 0.717) is 31.5 Å². The lowest BCUT2D eigenvalue weighted by Crippen LogP contribution is -2.68. The molecule has 0 spiro atoms. The highest BCUT2D eigenvalue weighted by Gasteiger charge is 2.41. The first-order chi connectivity index (χ1) is 12.6. The molecule has 0 bridgehead atoms. The van der Waals surface area contributed by atoms with Crippen LogP contribution in [-0.2, 0) is 11.2 Å². The van der Waals surface area contributed by atoms with Crippen LogP contribution in [-0.4, -0.2) is 42.3 Å². The molecule has 0 aromatic heterocycles. The molecule has 0 unspecified atom stereocenters. The van der Waals surface area contributed by atoms with Gasteiger partial charge in [-0.25, -0.2) is 0 Å². The van der Waals surface area contributed by atoms with Gasteiger partial charge in [0.15, 0.2) is 0 Å². The summed E-state index contributed by atoms with van der Waals surface area (Å²) in [5.74, 6) is 0.940. The Bertz CT molecular complexity index is 839. The quantitative estimate of drug-likeness (QED) is 0.841. The Kier molecular flexibility index (Phi) is 4.24. The van der Waals surface area contributed by atoms with Gasteiger partial charge in [0.2, 0.25) is 0 Å². The number of hydrogen-bond donors (Lipinski definition) is 1. The molecule has 0 atom stereocenters. The minimum atomic E-state index is -0.418. The van der Waals surface area contributed by atoms with Crippen molar-refractivity contribution in [2.75, 3.05) is 19.7 Å². The standard InChI is InChI=1S/C21H22N2O3/c22-21(10-2-11-24)13-23(14-21)20(25)17-7-5-15(6-8-17)18-4-1-3-16-9-12-26-19(16)18/h1,3-8,11H,2,9-10,12-14,22H2. The number of para-hydroxylation sites is 1. The maximum atomic E-state index is 12.6. The maximum absolute atomic E-state index is 12.6. The predicted octanol–water partition coefficient (Wildman–Crippen LogP) is 2.42. The van der Waals surface area contributed by atoms with E-state index in [1.807, 2.05) is 36.4 Å². The third-order valence-corrected chi connectivity index (χ3v) is 5.22. The van der Waals surface area contributed by atoms with Crippen LogP contribution < -0.4 is 10.5 Å². The van der Waals surface area contributed by atoms with E-state index in [1.54, 1.807) is 4.90 Å². The fourth-order valence-corrected chi connectivity index (χ4v) is 3.78. The van der Waals surface area contributed by atoms with Crippen molar-refractivity contribution in [2.24, 2.45) is 5.73 Å². The molecule has 1 saturated heterocycles. The number of fused-ring (bicyclic) bond motifs is 1. The Morgan fingerprint density at radius 2 is 1.96 bits per heavy atom. The molecule has 5 heteroatoms. The third kappa shape index (κ3) is 2.99. The highest BCUT2D eigenvalue weighted by molar-refractivity contribution is 5.95. The largest absolute Gasteiger partial charge is 0.492 e. The number of carbonyl (C=O) groups is 2. The second kappa shape index (κ2) is 6.57. The van der Waals surface area contributed by atoms with Gasteiger partial charge in [0.1, 0.15) is 12.0 Å². The minimum absolute atomic E-state index is 0.0155. The van der Waals surface area contributed by atoms with Gasteiger partial charge in [-0.1, -0.05) is 30.3 Å². The molecule has 2 N–H and O–H groups in total. The van der Waals surface area contributed by atoms with Crippen molar-refractivity contribution in [2.45, 2.75) is 24.8 Å². The van der Waals surface area contributed by atoms with Crippen LogP contribution in [0.3, 0.4) is 0 Å². The van der Waals surface area contributed by atoms with Gasteiger partial charge in [0.05, 0.1) is 12.1 Å². The number of carbonyl (C=O) groups excluding carboxylic acids is 2. The van der Waals surface area contributed by atoms with Crippen molar-refractivity contribution in [1.29, 1.82) is 0 Å². The average Bonchev–Trinajstić information content (AvgIpc) is 3.12. The van der Waals surface area contributed by atoms with Crippen molar-refractivity contribution >= 4 is 12.2 Å². The van der Waals surface area contributed by atoms with Gasteiger partial charge in [0.25, 0.3) is 5.91 Å². The lowest BCUT2D eigenvalue weighted by atomic mass is 9.86. The molecule has 2 aromatic rings. The summed E-state index contributed by atoms with van der Waals surface area (Å²) in [6.07, 6.45) is 2.89. The molecule has 0 radical (unpaired) electrons. The summed E-state index contributed by atoms with van der Waals surface area (Å²) in [7, 11) is 0. The normalized spacial score (nSPS) is 17.2. The molecule has 1 amide bonds.